The van der Waals surface area contributed by atoms with E-state index in [0.717, 1.165) is 31.1 Å². The molecule has 0 spiro atoms. The van der Waals surface area contributed by atoms with E-state index in [-0.39, 0.29) is 0 Å². The Balaban J connectivity index is 1.51. The molecule has 0 radical (unpaired) electrons. The predicted molar refractivity (Wildman–Crippen MR) is 117 cm³/mol. The maximum absolute atomic E-state index is 5.97. The molecule has 0 amide bonds. The lowest BCUT2D eigenvalue weighted by Crippen LogP contribution is -2.32. The van der Waals surface area contributed by atoms with Crippen LogP contribution in [0.2, 0.25) is 0 Å². The lowest BCUT2D eigenvalue weighted by atomic mass is 10.0. The second-order valence-electron chi connectivity index (χ2n) is 7.42. The molecule has 150 valence electrons. The van der Waals surface area contributed by atoms with Crippen LogP contribution in [0.15, 0.2) is 61.2 Å². The van der Waals surface area contributed by atoms with Crippen molar-refractivity contribution in [3.63, 3.8) is 0 Å². The average molecular weight is 407 g/mol. The van der Waals surface area contributed by atoms with Gasteiger partial charge in [0.15, 0.2) is 10.6 Å². The Bertz CT molecular complexity index is 1070. The second kappa shape index (κ2) is 8.76. The molecule has 29 heavy (non-hydrogen) atoms. The topological polar surface area (TPSA) is 35.2 Å². The van der Waals surface area contributed by atoms with Crippen LogP contribution in [0.25, 0.3) is 0 Å². The summed E-state index contributed by atoms with van der Waals surface area (Å²) >= 11 is 5.71. The molecule has 0 unspecified atom stereocenters. The van der Waals surface area contributed by atoms with E-state index in [0.29, 0.717) is 24.6 Å². The summed E-state index contributed by atoms with van der Waals surface area (Å²) in [4.78, 5) is 2.38. The first-order valence-electron chi connectivity index (χ1n) is 9.90. The molecule has 2 heterocycles. The van der Waals surface area contributed by atoms with Gasteiger partial charge in [0, 0.05) is 19.6 Å². The number of fused-ring (bicyclic) bond motifs is 1. The molecule has 4 rings (SSSR count). The third-order valence-electron chi connectivity index (χ3n) is 5.21. The predicted octanol–water partition coefficient (Wildman–Crippen LogP) is 4.50. The van der Waals surface area contributed by atoms with Crippen LogP contribution in [-0.4, -0.2) is 25.8 Å². The lowest BCUT2D eigenvalue weighted by Gasteiger charge is -2.28. The molecule has 0 bridgehead atoms. The summed E-state index contributed by atoms with van der Waals surface area (Å²) < 4.78 is 10.6. The number of ether oxygens (including phenoxy) is 1. The fraction of sp³-hybridized carbons (Fsp3) is 0.304. The van der Waals surface area contributed by atoms with Crippen LogP contribution in [0.4, 0.5) is 0 Å². The summed E-state index contributed by atoms with van der Waals surface area (Å²) in [5.74, 6) is 1.65. The van der Waals surface area contributed by atoms with Crippen molar-refractivity contribution < 1.29 is 4.74 Å². The number of aromatic nitrogens is 3. The molecule has 0 saturated carbocycles. The van der Waals surface area contributed by atoms with Gasteiger partial charge in [-0.2, -0.15) is 5.10 Å². The van der Waals surface area contributed by atoms with Gasteiger partial charge in [0.2, 0.25) is 0 Å². The van der Waals surface area contributed by atoms with E-state index in [1.165, 1.54) is 16.7 Å². The third-order valence-corrected chi connectivity index (χ3v) is 5.64. The Morgan fingerprint density at radius 3 is 2.79 bits per heavy atom. The van der Waals surface area contributed by atoms with Crippen LogP contribution in [0.3, 0.4) is 0 Å². The number of aryl methyl sites for hydroxylation is 1. The maximum atomic E-state index is 5.97. The Kier molecular flexibility index (Phi) is 5.92. The van der Waals surface area contributed by atoms with E-state index >= 15 is 0 Å². The standard InChI is InChI=1S/C23H26N4OS/c1-3-12-26-22(16-28-21-10-6-7-18(2)14-21)24-27(23(26)29)17-25-13-11-19-8-4-5-9-20(19)15-25/h3-10,14H,1,11-13,15-17H2,2H3. The van der Waals surface area contributed by atoms with Gasteiger partial charge in [0.05, 0.1) is 6.67 Å². The summed E-state index contributed by atoms with van der Waals surface area (Å²) in [5.41, 5.74) is 4.00. The van der Waals surface area contributed by atoms with Gasteiger partial charge in [-0.1, -0.05) is 42.5 Å². The quantitative estimate of drug-likeness (QED) is 0.427. The molecule has 2 aromatic carbocycles. The Morgan fingerprint density at radius 1 is 1.17 bits per heavy atom. The number of nitrogens with zero attached hydrogens (tertiary/aromatic N) is 4. The molecular weight excluding hydrogens is 380 g/mol. The van der Waals surface area contributed by atoms with E-state index in [1.54, 1.807) is 0 Å². The highest BCUT2D eigenvalue weighted by molar-refractivity contribution is 7.71. The normalized spacial score (nSPS) is 13.8. The Morgan fingerprint density at radius 2 is 2.00 bits per heavy atom. The van der Waals surface area contributed by atoms with Gasteiger partial charge in [-0.3, -0.25) is 9.47 Å². The minimum Gasteiger partial charge on any atom is -0.486 e. The van der Waals surface area contributed by atoms with E-state index in [9.17, 15) is 0 Å². The number of allylic oxidation sites excluding steroid dienone is 1. The largest absolute Gasteiger partial charge is 0.486 e. The number of rotatable bonds is 7. The van der Waals surface area contributed by atoms with Gasteiger partial charge in [-0.05, 0) is 54.4 Å². The fourth-order valence-corrected chi connectivity index (χ4v) is 3.99. The summed E-state index contributed by atoms with van der Waals surface area (Å²) in [7, 11) is 0. The number of hydrogen-bond acceptors (Lipinski definition) is 4. The van der Waals surface area contributed by atoms with Gasteiger partial charge in [0.1, 0.15) is 12.4 Å². The first-order chi connectivity index (χ1) is 14.1. The zero-order valence-corrected chi connectivity index (χ0v) is 17.6. The van der Waals surface area contributed by atoms with Gasteiger partial charge >= 0.3 is 0 Å². The van der Waals surface area contributed by atoms with E-state index in [2.05, 4.69) is 48.7 Å². The van der Waals surface area contributed by atoms with Crippen molar-refractivity contribution in [1.82, 2.24) is 19.2 Å². The lowest BCUT2D eigenvalue weighted by molar-refractivity contribution is 0.187. The van der Waals surface area contributed by atoms with Crippen molar-refractivity contribution >= 4 is 12.2 Å². The first kappa shape index (κ1) is 19.6. The van der Waals surface area contributed by atoms with Crippen molar-refractivity contribution in [2.45, 2.75) is 39.7 Å². The molecular formula is C23H26N4OS. The van der Waals surface area contributed by atoms with Crippen molar-refractivity contribution in [2.75, 3.05) is 6.54 Å². The Labute approximate surface area is 176 Å². The highest BCUT2D eigenvalue weighted by atomic mass is 32.1. The second-order valence-corrected chi connectivity index (χ2v) is 7.78. The van der Waals surface area contributed by atoms with Crippen molar-refractivity contribution in [3.8, 4) is 5.75 Å². The van der Waals surface area contributed by atoms with Crippen LogP contribution >= 0.6 is 12.2 Å². The summed E-state index contributed by atoms with van der Waals surface area (Å²) in [6.07, 6.45) is 2.90. The van der Waals surface area contributed by atoms with E-state index in [1.807, 2.05) is 33.5 Å². The van der Waals surface area contributed by atoms with Crippen molar-refractivity contribution in [3.05, 3.63) is 88.5 Å². The van der Waals surface area contributed by atoms with Crippen LogP contribution in [0, 0.1) is 11.7 Å². The molecule has 0 fully saturated rings. The molecule has 3 aromatic rings. The monoisotopic (exact) mass is 406 g/mol. The highest BCUT2D eigenvalue weighted by Crippen LogP contribution is 2.19. The summed E-state index contributed by atoms with van der Waals surface area (Å²) in [5, 5.41) is 4.78. The Hall–Kier alpha value is -2.70. The minimum atomic E-state index is 0.372. The van der Waals surface area contributed by atoms with Crippen LogP contribution in [-0.2, 0) is 32.8 Å². The van der Waals surface area contributed by atoms with Gasteiger partial charge in [0.25, 0.3) is 0 Å². The molecule has 0 N–H and O–H groups in total. The van der Waals surface area contributed by atoms with Gasteiger partial charge in [-0.25, -0.2) is 4.68 Å². The van der Waals surface area contributed by atoms with Gasteiger partial charge < -0.3 is 4.74 Å². The third kappa shape index (κ3) is 4.49. The molecule has 1 aliphatic heterocycles. The number of hydrogen-bond donors (Lipinski definition) is 0. The maximum Gasteiger partial charge on any atom is 0.199 e. The molecule has 1 aliphatic rings. The number of benzene rings is 2. The van der Waals surface area contributed by atoms with Gasteiger partial charge in [-0.15, -0.1) is 6.58 Å². The van der Waals surface area contributed by atoms with Crippen LogP contribution in [0.1, 0.15) is 22.5 Å². The molecule has 1 aromatic heterocycles. The first-order valence-corrected chi connectivity index (χ1v) is 10.3. The smallest absolute Gasteiger partial charge is 0.199 e. The zero-order chi connectivity index (χ0) is 20.2. The van der Waals surface area contributed by atoms with E-state index in [4.69, 9.17) is 22.1 Å². The average Bonchev–Trinajstić information content (AvgIpc) is 3.02. The van der Waals surface area contributed by atoms with Crippen molar-refractivity contribution in [1.29, 1.82) is 0 Å². The molecule has 0 atom stereocenters. The summed E-state index contributed by atoms with van der Waals surface area (Å²) in [6.45, 7) is 9.50. The molecule has 6 heteroatoms. The molecule has 0 saturated heterocycles. The zero-order valence-electron chi connectivity index (χ0n) is 16.8. The molecule has 0 aliphatic carbocycles. The minimum absolute atomic E-state index is 0.372. The summed E-state index contributed by atoms with van der Waals surface area (Å²) in [6, 6.07) is 16.7. The van der Waals surface area contributed by atoms with Crippen molar-refractivity contribution in [2.24, 2.45) is 0 Å². The van der Waals surface area contributed by atoms with Crippen LogP contribution < -0.4 is 4.74 Å². The highest BCUT2D eigenvalue weighted by Gasteiger charge is 2.18. The molecule has 5 nitrogen and oxygen atoms in total. The van der Waals surface area contributed by atoms with Crippen LogP contribution in [0.5, 0.6) is 5.75 Å². The SMILES string of the molecule is C=CCn1c(COc2cccc(C)c2)nn(CN2CCc3ccccc3C2)c1=S. The van der Waals surface area contributed by atoms with E-state index < -0.39 is 0 Å². The fourth-order valence-electron chi connectivity index (χ4n) is 3.71.